The fourth-order valence-corrected chi connectivity index (χ4v) is 1.50. The number of aromatic hydroxyl groups is 1. The molecule has 0 atom stereocenters. The Bertz CT molecular complexity index is 567. The monoisotopic (exact) mass is 259 g/mol. The van der Waals surface area contributed by atoms with Crippen LogP contribution in [-0.4, -0.2) is 27.3 Å². The quantitative estimate of drug-likeness (QED) is 0.441. The predicted molar refractivity (Wildman–Crippen MR) is 69.9 cm³/mol. The van der Waals surface area contributed by atoms with Crippen molar-refractivity contribution in [2.45, 2.75) is 6.29 Å². The molecule has 0 fully saturated rings. The Morgan fingerprint density at radius 2 is 1.74 bits per heavy atom. The zero-order chi connectivity index (χ0) is 13.7. The van der Waals surface area contributed by atoms with E-state index < -0.39 is 6.29 Å². The third kappa shape index (κ3) is 3.54. The summed E-state index contributed by atoms with van der Waals surface area (Å²) in [5.74, 6) is 0.340. The van der Waals surface area contributed by atoms with Crippen molar-refractivity contribution in [3.05, 3.63) is 60.2 Å². The van der Waals surface area contributed by atoms with Crippen LogP contribution in [0.4, 0.5) is 0 Å². The molecule has 0 aliphatic carbocycles. The lowest BCUT2D eigenvalue weighted by atomic mass is 10.1. The van der Waals surface area contributed by atoms with Gasteiger partial charge in [-0.25, -0.2) is 0 Å². The van der Waals surface area contributed by atoms with E-state index in [0.717, 1.165) is 0 Å². The molecule has 0 aliphatic heterocycles. The highest BCUT2D eigenvalue weighted by Gasteiger charge is 2.12. The van der Waals surface area contributed by atoms with Gasteiger partial charge in [0.15, 0.2) is 12.0 Å². The molecule has 19 heavy (non-hydrogen) atoms. The number of aliphatic hydroxyl groups excluding tert-OH is 1. The third-order valence-electron chi connectivity index (χ3n) is 2.38. The zero-order valence-corrected chi connectivity index (χ0v) is 9.97. The van der Waals surface area contributed by atoms with Crippen LogP contribution in [0.15, 0.2) is 59.8 Å². The van der Waals surface area contributed by atoms with Crippen LogP contribution in [0.5, 0.6) is 11.5 Å². The number of oxime groups is 1. The second-order valence-corrected chi connectivity index (χ2v) is 3.80. The molecule has 0 aliphatic rings. The summed E-state index contributed by atoms with van der Waals surface area (Å²) < 4.78 is 0. The van der Waals surface area contributed by atoms with E-state index in [1.54, 1.807) is 42.5 Å². The Morgan fingerprint density at radius 3 is 2.37 bits per heavy atom. The van der Waals surface area contributed by atoms with Gasteiger partial charge in [-0.05, 0) is 12.1 Å². The van der Waals surface area contributed by atoms with Crippen molar-refractivity contribution in [1.29, 1.82) is 0 Å². The van der Waals surface area contributed by atoms with Crippen molar-refractivity contribution in [1.82, 2.24) is 0 Å². The maximum atomic E-state index is 9.29. The van der Waals surface area contributed by atoms with Crippen LogP contribution in [0.3, 0.4) is 0 Å². The van der Waals surface area contributed by atoms with E-state index in [1.165, 1.54) is 12.1 Å². The summed E-state index contributed by atoms with van der Waals surface area (Å²) in [7, 11) is 0. The molecule has 5 nitrogen and oxygen atoms in total. The Hall–Kier alpha value is -2.37. The van der Waals surface area contributed by atoms with Crippen molar-refractivity contribution in [3.63, 3.8) is 0 Å². The predicted octanol–water partition coefficient (Wildman–Crippen LogP) is 1.49. The number of benzene rings is 2. The minimum atomic E-state index is -1.75. The second kappa shape index (κ2) is 5.99. The van der Waals surface area contributed by atoms with Crippen LogP contribution in [0.25, 0.3) is 0 Å². The Morgan fingerprint density at radius 1 is 1.00 bits per heavy atom. The van der Waals surface area contributed by atoms with E-state index >= 15 is 0 Å². The van der Waals surface area contributed by atoms with Gasteiger partial charge in [-0.2, -0.15) is 0 Å². The number of phenols is 1. The molecule has 98 valence electrons. The van der Waals surface area contributed by atoms with Gasteiger partial charge in [0, 0.05) is 11.6 Å². The number of nitrogens with zero attached hydrogens (tertiary/aromatic N) is 1. The summed E-state index contributed by atoms with van der Waals surface area (Å²) in [4.78, 5) is 5.07. The van der Waals surface area contributed by atoms with Crippen LogP contribution >= 0.6 is 0 Å². The van der Waals surface area contributed by atoms with Crippen molar-refractivity contribution >= 4 is 5.71 Å². The average molecular weight is 259 g/mol. The van der Waals surface area contributed by atoms with Crippen molar-refractivity contribution in [2.75, 3.05) is 0 Å². The first-order valence-electron chi connectivity index (χ1n) is 5.62. The number of phenolic OH excluding ortho intramolecular Hbond substituents is 1. The van der Waals surface area contributed by atoms with Gasteiger partial charge >= 0.3 is 0 Å². The van der Waals surface area contributed by atoms with E-state index in [1.807, 2.05) is 0 Å². The van der Waals surface area contributed by atoms with Crippen molar-refractivity contribution in [3.8, 4) is 11.5 Å². The largest absolute Gasteiger partial charge is 0.508 e. The van der Waals surface area contributed by atoms with E-state index in [9.17, 15) is 15.3 Å². The Labute approximate surface area is 110 Å². The standard InChI is InChI=1S/C14H13NO4/c16-11-7-4-8-12(9-11)19-15-13(14(17)18)10-5-2-1-3-6-10/h1-9,14,16-18H/b15-13-. The first-order valence-corrected chi connectivity index (χ1v) is 5.62. The SMILES string of the molecule is Oc1cccc(O/N=C(/c2ccccc2)C(O)O)c1. The van der Waals surface area contributed by atoms with Gasteiger partial charge in [-0.1, -0.05) is 41.6 Å². The first kappa shape index (κ1) is 13.1. The van der Waals surface area contributed by atoms with E-state index in [0.29, 0.717) is 11.3 Å². The van der Waals surface area contributed by atoms with Gasteiger partial charge in [0.25, 0.3) is 0 Å². The molecule has 5 heteroatoms. The van der Waals surface area contributed by atoms with E-state index in [4.69, 9.17) is 4.84 Å². The Balaban J connectivity index is 2.23. The summed E-state index contributed by atoms with van der Waals surface area (Å²) in [6, 6.07) is 14.7. The molecular formula is C14H13NO4. The molecule has 0 unspecified atom stereocenters. The number of hydrogen-bond donors (Lipinski definition) is 3. The maximum absolute atomic E-state index is 9.29. The van der Waals surface area contributed by atoms with E-state index in [2.05, 4.69) is 5.16 Å². The lowest BCUT2D eigenvalue weighted by Crippen LogP contribution is -2.21. The van der Waals surface area contributed by atoms with Gasteiger partial charge < -0.3 is 20.2 Å². The average Bonchev–Trinajstić information content (AvgIpc) is 2.40. The van der Waals surface area contributed by atoms with Gasteiger partial charge in [0.2, 0.25) is 0 Å². The maximum Gasteiger partial charge on any atom is 0.200 e. The van der Waals surface area contributed by atoms with Crippen LogP contribution < -0.4 is 4.84 Å². The Kier molecular flexibility index (Phi) is 4.12. The van der Waals surface area contributed by atoms with E-state index in [-0.39, 0.29) is 11.5 Å². The molecule has 0 bridgehead atoms. The minimum Gasteiger partial charge on any atom is -0.508 e. The minimum absolute atomic E-state index is 0.0102. The van der Waals surface area contributed by atoms with Gasteiger partial charge in [0.1, 0.15) is 11.5 Å². The first-order chi connectivity index (χ1) is 9.16. The van der Waals surface area contributed by atoms with Crippen molar-refractivity contribution < 1.29 is 20.2 Å². The fraction of sp³-hybridized carbons (Fsp3) is 0.0714. The summed E-state index contributed by atoms with van der Waals surface area (Å²) in [6.07, 6.45) is -1.75. The van der Waals surface area contributed by atoms with Gasteiger partial charge in [-0.15, -0.1) is 0 Å². The van der Waals surface area contributed by atoms with Crippen LogP contribution in [-0.2, 0) is 0 Å². The summed E-state index contributed by atoms with van der Waals surface area (Å²) in [5.41, 5.74) is 0.529. The molecule has 0 amide bonds. The van der Waals surface area contributed by atoms with Crippen LogP contribution in [0.2, 0.25) is 0 Å². The molecule has 2 rings (SSSR count). The second-order valence-electron chi connectivity index (χ2n) is 3.80. The zero-order valence-electron chi connectivity index (χ0n) is 9.97. The normalized spacial score (nSPS) is 11.6. The lowest BCUT2D eigenvalue weighted by molar-refractivity contribution is 0.0182. The number of aliphatic hydroxyl groups is 2. The molecule has 0 heterocycles. The van der Waals surface area contributed by atoms with Gasteiger partial charge in [0.05, 0.1) is 0 Å². The molecular weight excluding hydrogens is 246 g/mol. The van der Waals surface area contributed by atoms with Gasteiger partial charge in [-0.3, -0.25) is 0 Å². The topological polar surface area (TPSA) is 82.3 Å². The molecule has 2 aromatic carbocycles. The molecule has 0 spiro atoms. The molecule has 0 aromatic heterocycles. The highest BCUT2D eigenvalue weighted by Crippen LogP contribution is 2.18. The fourth-order valence-electron chi connectivity index (χ4n) is 1.50. The third-order valence-corrected chi connectivity index (χ3v) is 2.38. The highest BCUT2D eigenvalue weighted by molar-refractivity contribution is 6.02. The number of hydrogen-bond acceptors (Lipinski definition) is 5. The molecule has 3 N–H and O–H groups in total. The summed E-state index contributed by atoms with van der Waals surface area (Å²) in [6.45, 7) is 0. The lowest BCUT2D eigenvalue weighted by Gasteiger charge is -2.08. The molecule has 2 aromatic rings. The summed E-state index contributed by atoms with van der Waals surface area (Å²) in [5, 5.41) is 31.6. The molecule has 0 radical (unpaired) electrons. The highest BCUT2D eigenvalue weighted by atomic mass is 16.6. The molecule has 0 saturated heterocycles. The molecule has 0 saturated carbocycles. The van der Waals surface area contributed by atoms with Crippen LogP contribution in [0, 0.1) is 0 Å². The smallest absolute Gasteiger partial charge is 0.200 e. The van der Waals surface area contributed by atoms with Crippen molar-refractivity contribution in [2.24, 2.45) is 5.16 Å². The van der Waals surface area contributed by atoms with Crippen LogP contribution in [0.1, 0.15) is 5.56 Å². The number of rotatable bonds is 4. The summed E-state index contributed by atoms with van der Waals surface area (Å²) >= 11 is 0.